The maximum Gasteiger partial charge on any atom is 0.317 e. The number of nitrogens with two attached hydrogens (primary N) is 1. The van der Waals surface area contributed by atoms with Crippen molar-refractivity contribution >= 4 is 40.1 Å². The molecule has 0 bridgehead atoms. The molecule has 9 heteroatoms. The number of esters is 1. The molecular formula is C13H20N4O3S2. The van der Waals surface area contributed by atoms with E-state index in [0.717, 1.165) is 5.13 Å². The predicted molar refractivity (Wildman–Crippen MR) is 85.9 cm³/mol. The summed E-state index contributed by atoms with van der Waals surface area (Å²) in [7, 11) is 0. The molecule has 1 aliphatic carbocycles. The first-order chi connectivity index (χ1) is 10.5. The van der Waals surface area contributed by atoms with Crippen LogP contribution in [0.1, 0.15) is 39.0 Å². The van der Waals surface area contributed by atoms with E-state index in [9.17, 15) is 9.59 Å². The Labute approximate surface area is 137 Å². The van der Waals surface area contributed by atoms with Gasteiger partial charge in [0.1, 0.15) is 0 Å². The van der Waals surface area contributed by atoms with Crippen LogP contribution in [-0.2, 0) is 14.3 Å². The number of ether oxygens (including phenoxy) is 1. The highest BCUT2D eigenvalue weighted by Gasteiger charge is 2.17. The van der Waals surface area contributed by atoms with Gasteiger partial charge in [0, 0.05) is 6.04 Å². The number of nitrogens with one attached hydrogen (secondary N) is 1. The van der Waals surface area contributed by atoms with Crippen molar-refractivity contribution in [2.24, 2.45) is 5.73 Å². The zero-order valence-corrected chi connectivity index (χ0v) is 14.0. The van der Waals surface area contributed by atoms with Crippen LogP contribution >= 0.6 is 23.1 Å². The lowest BCUT2D eigenvalue weighted by Gasteiger charge is -2.21. The quantitative estimate of drug-likeness (QED) is 0.573. The number of hydrogen-bond donors (Lipinski definition) is 2. The molecule has 0 radical (unpaired) electrons. The molecule has 22 heavy (non-hydrogen) atoms. The normalized spacial score (nSPS) is 17.0. The smallest absolute Gasteiger partial charge is 0.317 e. The van der Waals surface area contributed by atoms with Gasteiger partial charge in [0.15, 0.2) is 10.4 Å². The maximum absolute atomic E-state index is 11.5. The van der Waals surface area contributed by atoms with E-state index in [1.807, 2.05) is 0 Å². The Balaban J connectivity index is 1.74. The zero-order chi connectivity index (χ0) is 15.9. The molecule has 0 aromatic carbocycles. The van der Waals surface area contributed by atoms with E-state index in [-0.39, 0.29) is 5.75 Å². The number of nitrogens with zero attached hydrogens (tertiary/aromatic N) is 2. The summed E-state index contributed by atoms with van der Waals surface area (Å²) in [6.07, 6.45) is 5.23. The summed E-state index contributed by atoms with van der Waals surface area (Å²) in [5.74, 6) is -1.07. The number of hydrogen-bond acceptors (Lipinski definition) is 8. The first kappa shape index (κ1) is 17.0. The van der Waals surface area contributed by atoms with Crippen molar-refractivity contribution in [2.75, 3.05) is 11.1 Å². The molecule has 0 unspecified atom stereocenters. The van der Waals surface area contributed by atoms with Gasteiger partial charge in [0.2, 0.25) is 5.13 Å². The van der Waals surface area contributed by atoms with Crippen LogP contribution in [0.25, 0.3) is 0 Å². The number of carbonyl (C=O) groups excluding carboxylic acids is 2. The lowest BCUT2D eigenvalue weighted by atomic mass is 9.96. The second-order valence-electron chi connectivity index (χ2n) is 5.18. The molecule has 7 nitrogen and oxygen atoms in total. The van der Waals surface area contributed by atoms with E-state index >= 15 is 0 Å². The van der Waals surface area contributed by atoms with Gasteiger partial charge < -0.3 is 15.8 Å². The van der Waals surface area contributed by atoms with E-state index in [1.54, 1.807) is 0 Å². The SMILES string of the molecule is C[C@H](OC(=O)CSc1nnc(NC2CCCCC2)s1)C(N)=O. The number of rotatable bonds is 7. The monoisotopic (exact) mass is 344 g/mol. The topological polar surface area (TPSA) is 107 Å². The number of thioether (sulfide) groups is 1. The first-order valence-corrected chi connectivity index (χ1v) is 9.06. The van der Waals surface area contributed by atoms with Gasteiger partial charge in [0.25, 0.3) is 5.91 Å². The Kier molecular flexibility index (Phi) is 6.44. The van der Waals surface area contributed by atoms with Crippen molar-refractivity contribution < 1.29 is 14.3 Å². The number of anilines is 1. The molecule has 1 heterocycles. The van der Waals surface area contributed by atoms with Crippen LogP contribution in [0.15, 0.2) is 4.34 Å². The fourth-order valence-electron chi connectivity index (χ4n) is 2.16. The van der Waals surface area contributed by atoms with Gasteiger partial charge in [-0.2, -0.15) is 0 Å². The molecule has 0 saturated heterocycles. The second-order valence-corrected chi connectivity index (χ2v) is 7.38. The molecule has 3 N–H and O–H groups in total. The van der Waals surface area contributed by atoms with Gasteiger partial charge in [-0.25, -0.2) is 0 Å². The largest absolute Gasteiger partial charge is 0.452 e. The van der Waals surface area contributed by atoms with Crippen LogP contribution in [0.3, 0.4) is 0 Å². The lowest BCUT2D eigenvalue weighted by molar-refractivity contribution is -0.151. The van der Waals surface area contributed by atoms with E-state index in [4.69, 9.17) is 10.5 Å². The second kappa shape index (κ2) is 8.33. The number of primary amides is 1. The van der Waals surface area contributed by atoms with Crippen LogP contribution in [0.2, 0.25) is 0 Å². The molecule has 2 rings (SSSR count). The highest BCUT2D eigenvalue weighted by atomic mass is 32.2. The summed E-state index contributed by atoms with van der Waals surface area (Å²) < 4.78 is 5.56. The van der Waals surface area contributed by atoms with Crippen molar-refractivity contribution in [3.63, 3.8) is 0 Å². The minimum atomic E-state index is -0.911. The van der Waals surface area contributed by atoms with Gasteiger partial charge in [-0.1, -0.05) is 42.4 Å². The van der Waals surface area contributed by atoms with Gasteiger partial charge in [0.05, 0.1) is 5.75 Å². The average Bonchev–Trinajstić information content (AvgIpc) is 2.93. The summed E-state index contributed by atoms with van der Waals surface area (Å²) in [5.41, 5.74) is 5.03. The molecule has 1 amide bonds. The molecular weight excluding hydrogens is 324 g/mol. The number of amides is 1. The summed E-state index contributed by atoms with van der Waals surface area (Å²) in [6.45, 7) is 1.45. The van der Waals surface area contributed by atoms with Crippen LogP contribution < -0.4 is 11.1 Å². The van der Waals surface area contributed by atoms with E-state index in [2.05, 4.69) is 15.5 Å². The third-order valence-electron chi connectivity index (χ3n) is 3.36. The molecule has 1 aromatic heterocycles. The molecule has 1 atom stereocenters. The lowest BCUT2D eigenvalue weighted by Crippen LogP contribution is -2.30. The van der Waals surface area contributed by atoms with Crippen molar-refractivity contribution in [1.29, 1.82) is 0 Å². The van der Waals surface area contributed by atoms with Crippen molar-refractivity contribution in [3.05, 3.63) is 0 Å². The van der Waals surface area contributed by atoms with Gasteiger partial charge in [-0.3, -0.25) is 9.59 Å². The maximum atomic E-state index is 11.5. The third kappa shape index (κ3) is 5.45. The van der Waals surface area contributed by atoms with E-state index in [0.29, 0.717) is 10.4 Å². The Hall–Kier alpha value is -1.35. The number of carbonyl (C=O) groups is 2. The van der Waals surface area contributed by atoms with Crippen LogP contribution in [0, 0.1) is 0 Å². The fraction of sp³-hybridized carbons (Fsp3) is 0.692. The van der Waals surface area contributed by atoms with E-state index in [1.165, 1.54) is 62.1 Å². The molecule has 1 saturated carbocycles. The minimum Gasteiger partial charge on any atom is -0.452 e. The Morgan fingerprint density at radius 3 is 2.82 bits per heavy atom. The van der Waals surface area contributed by atoms with Crippen molar-refractivity contribution in [1.82, 2.24) is 10.2 Å². The van der Waals surface area contributed by atoms with E-state index < -0.39 is 18.0 Å². The Morgan fingerprint density at radius 1 is 1.41 bits per heavy atom. The Morgan fingerprint density at radius 2 is 2.14 bits per heavy atom. The number of aromatic nitrogens is 2. The molecule has 1 aromatic rings. The van der Waals surface area contributed by atoms with Gasteiger partial charge in [-0.15, -0.1) is 10.2 Å². The average molecular weight is 344 g/mol. The Bertz CT molecular complexity index is 517. The summed E-state index contributed by atoms with van der Waals surface area (Å²) in [6, 6.07) is 0.473. The molecule has 1 fully saturated rings. The van der Waals surface area contributed by atoms with Crippen molar-refractivity contribution in [2.45, 2.75) is 55.5 Å². The standard InChI is InChI=1S/C13H20N4O3S2/c1-8(11(14)19)20-10(18)7-21-13-17-16-12(22-13)15-9-5-3-2-4-6-9/h8-9H,2-7H2,1H3,(H2,14,19)(H,15,16)/t8-/m0/s1. The third-order valence-corrected chi connectivity index (χ3v) is 5.32. The van der Waals surface area contributed by atoms with Gasteiger partial charge >= 0.3 is 5.97 Å². The van der Waals surface area contributed by atoms with Crippen molar-refractivity contribution in [3.8, 4) is 0 Å². The van der Waals surface area contributed by atoms with Gasteiger partial charge in [-0.05, 0) is 19.8 Å². The highest BCUT2D eigenvalue weighted by Crippen LogP contribution is 2.28. The summed E-state index contributed by atoms with van der Waals surface area (Å²) in [5, 5.41) is 12.3. The fourth-order valence-corrected chi connectivity index (χ4v) is 3.77. The van der Waals surface area contributed by atoms with Crippen LogP contribution in [0.4, 0.5) is 5.13 Å². The predicted octanol–water partition coefficient (Wildman–Crippen LogP) is 1.79. The molecule has 0 spiro atoms. The molecule has 0 aliphatic heterocycles. The zero-order valence-electron chi connectivity index (χ0n) is 12.4. The first-order valence-electron chi connectivity index (χ1n) is 7.26. The molecule has 1 aliphatic rings. The minimum absolute atomic E-state index is 0.0790. The van der Waals surface area contributed by atoms with Crippen LogP contribution in [0.5, 0.6) is 0 Å². The summed E-state index contributed by atoms with van der Waals surface area (Å²) >= 11 is 2.67. The summed E-state index contributed by atoms with van der Waals surface area (Å²) in [4.78, 5) is 22.4. The van der Waals surface area contributed by atoms with Crippen LogP contribution in [-0.4, -0.2) is 40.0 Å². The highest BCUT2D eigenvalue weighted by molar-refractivity contribution is 8.01. The molecule has 122 valence electrons.